The highest BCUT2D eigenvalue weighted by Crippen LogP contribution is 2.40. The third-order valence-corrected chi connectivity index (χ3v) is 2.45. The zero-order chi connectivity index (χ0) is 13.9. The number of hydrogen-bond donors (Lipinski definition) is 1. The van der Waals surface area contributed by atoms with Crippen molar-refractivity contribution in [1.82, 2.24) is 0 Å². The van der Waals surface area contributed by atoms with Crippen molar-refractivity contribution in [2.75, 3.05) is 14.2 Å². The van der Waals surface area contributed by atoms with E-state index in [-0.39, 0.29) is 17.5 Å². The van der Waals surface area contributed by atoms with Crippen LogP contribution in [-0.4, -0.2) is 20.3 Å². The monoisotopic (exact) mass is 264 g/mol. The second kappa shape index (κ2) is 5.48. The van der Waals surface area contributed by atoms with Crippen LogP contribution in [-0.2, 0) is 12.6 Å². The minimum Gasteiger partial charge on any atom is -0.496 e. The molecule has 1 aromatic rings. The van der Waals surface area contributed by atoms with Crippen molar-refractivity contribution in [1.29, 1.82) is 0 Å². The molecule has 1 aromatic carbocycles. The zero-order valence-corrected chi connectivity index (χ0v) is 10.5. The summed E-state index contributed by atoms with van der Waals surface area (Å²) in [6.07, 6.45) is -4.07. The third kappa shape index (κ3) is 3.29. The van der Waals surface area contributed by atoms with E-state index in [1.807, 2.05) is 0 Å². The predicted molar refractivity (Wildman–Crippen MR) is 61.9 cm³/mol. The molecule has 0 fully saturated rings. The van der Waals surface area contributed by atoms with Crippen molar-refractivity contribution >= 4 is 0 Å². The van der Waals surface area contributed by atoms with E-state index in [9.17, 15) is 13.2 Å². The van der Waals surface area contributed by atoms with E-state index in [1.165, 1.54) is 20.3 Å². The van der Waals surface area contributed by atoms with Crippen LogP contribution in [0.4, 0.5) is 13.2 Å². The fraction of sp³-hybridized carbons (Fsp3) is 0.500. The van der Waals surface area contributed by atoms with Crippen LogP contribution in [0.15, 0.2) is 12.1 Å². The van der Waals surface area contributed by atoms with Crippen molar-refractivity contribution in [3.63, 3.8) is 0 Å². The van der Waals surface area contributed by atoms with Crippen LogP contribution in [0.3, 0.4) is 0 Å². The predicted octanol–water partition coefficient (Wildman–Crippen LogP) is 2.61. The minimum absolute atomic E-state index is 0.167. The molecule has 0 saturated heterocycles. The van der Waals surface area contributed by atoms with Gasteiger partial charge in [0.05, 0.1) is 14.2 Å². The maximum atomic E-state index is 12.8. The largest absolute Gasteiger partial charge is 0.496 e. The average Bonchev–Trinajstić information content (AvgIpc) is 2.26. The van der Waals surface area contributed by atoms with Crippen LogP contribution in [0.2, 0.25) is 0 Å². The summed E-state index contributed by atoms with van der Waals surface area (Å²) in [5.74, 6) is -0.0561. The summed E-state index contributed by atoms with van der Waals surface area (Å²) in [4.78, 5) is 0. The zero-order valence-electron chi connectivity index (χ0n) is 10.5. The molecule has 1 unspecified atom stereocenters. The van der Waals surface area contributed by atoms with Crippen molar-refractivity contribution in [3.8, 4) is 11.5 Å². The first-order valence-electron chi connectivity index (χ1n) is 5.37. The molecule has 0 aliphatic heterocycles. The fourth-order valence-electron chi connectivity index (χ4n) is 1.69. The Balaban J connectivity index is 3.32. The molecule has 1 atom stereocenters. The van der Waals surface area contributed by atoms with Gasteiger partial charge in [-0.25, -0.2) is 0 Å². The molecule has 6 heteroatoms. The first kappa shape index (κ1) is 14.6. The topological polar surface area (TPSA) is 44.5 Å². The van der Waals surface area contributed by atoms with Gasteiger partial charge in [0, 0.05) is 6.04 Å². The Bertz CT molecular complexity index is 417. The van der Waals surface area contributed by atoms with E-state index < -0.39 is 11.7 Å². The third-order valence-electron chi connectivity index (χ3n) is 2.45. The maximum absolute atomic E-state index is 12.8. The van der Waals surface area contributed by atoms with Crippen LogP contribution in [0.1, 0.15) is 18.1 Å². The van der Waals surface area contributed by atoms with Gasteiger partial charge in [0.1, 0.15) is 17.1 Å². The molecule has 0 saturated carbocycles. The van der Waals surface area contributed by atoms with Crippen molar-refractivity contribution in [2.45, 2.75) is 25.6 Å². The van der Waals surface area contributed by atoms with Crippen LogP contribution >= 0.6 is 0 Å². The molecular weight excluding hydrogens is 248 g/mol. The number of benzene rings is 1. The Labute approximate surface area is 104 Å². The average molecular weight is 264 g/mol. The molecule has 0 heterocycles. The van der Waals surface area contributed by atoms with E-state index in [0.717, 1.165) is 6.07 Å². The second-order valence-corrected chi connectivity index (χ2v) is 4.04. The van der Waals surface area contributed by atoms with Crippen LogP contribution in [0.25, 0.3) is 0 Å². The molecule has 1 rings (SSSR count). The van der Waals surface area contributed by atoms with Crippen molar-refractivity contribution in [2.24, 2.45) is 5.73 Å². The Kier molecular flexibility index (Phi) is 4.45. The Hall–Kier alpha value is -1.43. The lowest BCUT2D eigenvalue weighted by Crippen LogP contribution is -2.19. The molecule has 0 aliphatic rings. The quantitative estimate of drug-likeness (QED) is 0.909. The van der Waals surface area contributed by atoms with E-state index in [2.05, 4.69) is 0 Å². The summed E-state index contributed by atoms with van der Waals surface area (Å²) in [6.45, 7) is 1.77. The highest BCUT2D eigenvalue weighted by atomic mass is 19.4. The number of halogens is 3. The number of ether oxygens (including phenoxy) is 2. The number of alkyl halides is 3. The molecule has 0 radical (unpaired) electrons. The lowest BCUT2D eigenvalue weighted by atomic mass is 10.1. The van der Waals surface area contributed by atoms with Gasteiger partial charge in [0.15, 0.2) is 0 Å². The smallest absolute Gasteiger partial charge is 0.420 e. The first-order valence-corrected chi connectivity index (χ1v) is 5.37. The summed E-state index contributed by atoms with van der Waals surface area (Å²) in [7, 11) is 2.53. The molecular formula is C12H16F3NO2. The lowest BCUT2D eigenvalue weighted by Gasteiger charge is -2.17. The summed E-state index contributed by atoms with van der Waals surface area (Å²) < 4.78 is 48.1. The Morgan fingerprint density at radius 2 is 1.72 bits per heavy atom. The summed E-state index contributed by atoms with van der Waals surface area (Å²) in [5.41, 5.74) is 5.39. The summed E-state index contributed by atoms with van der Waals surface area (Å²) in [5, 5.41) is 0. The molecule has 2 N–H and O–H groups in total. The molecule has 18 heavy (non-hydrogen) atoms. The SMILES string of the molecule is COc1cc(C(F)(F)F)c(OC)[13cH]c1CC(C)N. The second-order valence-electron chi connectivity index (χ2n) is 4.04. The van der Waals surface area contributed by atoms with Gasteiger partial charge in [-0.2, -0.15) is 13.2 Å². The lowest BCUT2D eigenvalue weighted by molar-refractivity contribution is -0.138. The molecule has 0 aliphatic carbocycles. The van der Waals surface area contributed by atoms with Gasteiger partial charge < -0.3 is 15.2 Å². The fourth-order valence-corrected chi connectivity index (χ4v) is 1.69. The summed E-state index contributed by atoms with van der Waals surface area (Å²) >= 11 is 0. The Morgan fingerprint density at radius 1 is 1.17 bits per heavy atom. The number of methoxy groups -OCH3 is 2. The van der Waals surface area contributed by atoms with Gasteiger partial charge >= 0.3 is 6.18 Å². The van der Waals surface area contributed by atoms with Gasteiger partial charge in [-0.1, -0.05) is 0 Å². The minimum atomic E-state index is -4.48. The van der Waals surface area contributed by atoms with Gasteiger partial charge in [-0.3, -0.25) is 0 Å². The van der Waals surface area contributed by atoms with Crippen molar-refractivity contribution < 1.29 is 22.6 Å². The normalized spacial score (nSPS) is 13.3. The van der Waals surface area contributed by atoms with E-state index in [4.69, 9.17) is 15.2 Å². The van der Waals surface area contributed by atoms with Crippen LogP contribution in [0, 0.1) is 0 Å². The molecule has 0 spiro atoms. The van der Waals surface area contributed by atoms with Gasteiger partial charge in [-0.15, -0.1) is 0 Å². The number of rotatable bonds is 4. The van der Waals surface area contributed by atoms with Crippen molar-refractivity contribution in [3.05, 3.63) is 23.3 Å². The molecule has 102 valence electrons. The van der Waals surface area contributed by atoms with E-state index in [1.54, 1.807) is 6.92 Å². The number of hydrogen-bond acceptors (Lipinski definition) is 3. The molecule has 0 amide bonds. The summed E-state index contributed by atoms with van der Waals surface area (Å²) in [6, 6.07) is 2.09. The molecule has 3 nitrogen and oxygen atoms in total. The standard InChI is InChI=1S/C12H16F3NO2/c1-7(16)4-8-5-11(18-3)9(12(13,14)15)6-10(8)17-2/h5-7H,4,16H2,1-3H3/i5+1. The highest BCUT2D eigenvalue weighted by Gasteiger charge is 2.35. The van der Waals surface area contributed by atoms with E-state index >= 15 is 0 Å². The molecule has 0 aromatic heterocycles. The van der Waals surface area contributed by atoms with Gasteiger partial charge in [0.2, 0.25) is 0 Å². The van der Waals surface area contributed by atoms with Crippen LogP contribution in [0.5, 0.6) is 11.5 Å². The Morgan fingerprint density at radius 3 is 2.11 bits per heavy atom. The van der Waals surface area contributed by atoms with Gasteiger partial charge in [-0.05, 0) is 31.0 Å². The highest BCUT2D eigenvalue weighted by molar-refractivity contribution is 5.48. The molecule has 0 bridgehead atoms. The van der Waals surface area contributed by atoms with Crippen LogP contribution < -0.4 is 15.2 Å². The maximum Gasteiger partial charge on any atom is 0.420 e. The van der Waals surface area contributed by atoms with Gasteiger partial charge in [0.25, 0.3) is 0 Å². The van der Waals surface area contributed by atoms with E-state index in [0.29, 0.717) is 12.0 Å². The first-order chi connectivity index (χ1) is 8.29. The number of nitrogens with two attached hydrogens (primary N) is 1.